The van der Waals surface area contributed by atoms with Crippen molar-refractivity contribution in [2.45, 2.75) is 38.4 Å². The molecule has 1 aliphatic carbocycles. The Morgan fingerprint density at radius 2 is 1.88 bits per heavy atom. The van der Waals surface area contributed by atoms with Crippen LogP contribution in [0.3, 0.4) is 0 Å². The number of hydrogen-bond donors (Lipinski definition) is 2. The van der Waals surface area contributed by atoms with Crippen LogP contribution in [-0.4, -0.2) is 41.3 Å². The third-order valence-corrected chi connectivity index (χ3v) is 5.61. The zero-order valence-corrected chi connectivity index (χ0v) is 14.2. The molecule has 2 aliphatic rings. The number of hydrogen-bond acceptors (Lipinski definition) is 2. The van der Waals surface area contributed by atoms with Gasteiger partial charge in [-0.05, 0) is 42.4 Å². The number of benzene rings is 1. The first-order valence-corrected chi connectivity index (χ1v) is 8.63. The predicted octanol–water partition coefficient (Wildman–Crippen LogP) is 3.65. The summed E-state index contributed by atoms with van der Waals surface area (Å²) >= 11 is 0. The smallest absolute Gasteiger partial charge is 0.392 e. The summed E-state index contributed by atoms with van der Waals surface area (Å²) in [6, 6.07) is 5.73. The van der Waals surface area contributed by atoms with Crippen molar-refractivity contribution in [3.05, 3.63) is 35.4 Å². The average Bonchev–Trinajstić information content (AvgIpc) is 2.57. The number of aromatic carboxylic acids is 1. The lowest BCUT2D eigenvalue weighted by Crippen LogP contribution is -2.59. The van der Waals surface area contributed by atoms with Gasteiger partial charge in [0.1, 0.15) is 0 Å². The number of nitrogens with zero attached hydrogens (tertiary/aromatic N) is 1. The highest BCUT2D eigenvalue weighted by atomic mass is 19.4. The molecule has 8 heteroatoms. The number of carboxylic acids is 1. The Morgan fingerprint density at radius 3 is 2.38 bits per heavy atom. The van der Waals surface area contributed by atoms with Crippen molar-refractivity contribution in [1.29, 1.82) is 0 Å². The van der Waals surface area contributed by atoms with Gasteiger partial charge in [0, 0.05) is 19.6 Å². The van der Waals surface area contributed by atoms with Crippen LogP contribution in [-0.2, 0) is 6.54 Å². The second kappa shape index (κ2) is 6.81. The zero-order chi connectivity index (χ0) is 18.9. The summed E-state index contributed by atoms with van der Waals surface area (Å²) in [5.41, 5.74) is 0.0601. The molecule has 0 radical (unpaired) electrons. The van der Waals surface area contributed by atoms with Crippen molar-refractivity contribution in [2.24, 2.45) is 11.3 Å². The fraction of sp³-hybridized carbons (Fsp3) is 0.556. The van der Waals surface area contributed by atoms with E-state index in [0.29, 0.717) is 12.8 Å². The number of likely N-dealkylation sites (tertiary alicyclic amines) is 1. The van der Waals surface area contributed by atoms with E-state index in [1.54, 1.807) is 12.1 Å². The van der Waals surface area contributed by atoms with Gasteiger partial charge in [-0.3, -0.25) is 0 Å². The fourth-order valence-electron chi connectivity index (χ4n) is 4.04. The molecule has 1 saturated heterocycles. The van der Waals surface area contributed by atoms with Crippen LogP contribution in [0, 0.1) is 11.3 Å². The van der Waals surface area contributed by atoms with Crippen molar-refractivity contribution in [3.8, 4) is 0 Å². The molecule has 1 atom stereocenters. The van der Waals surface area contributed by atoms with Gasteiger partial charge in [0.05, 0.1) is 11.5 Å². The normalized spacial score (nSPS) is 22.0. The van der Waals surface area contributed by atoms with Crippen LogP contribution < -0.4 is 5.32 Å². The van der Waals surface area contributed by atoms with Crippen molar-refractivity contribution in [1.82, 2.24) is 10.2 Å². The Bertz CT molecular complexity index is 684. The van der Waals surface area contributed by atoms with Gasteiger partial charge in [0.15, 0.2) is 0 Å². The van der Waals surface area contributed by atoms with E-state index in [1.165, 1.54) is 17.0 Å². The summed E-state index contributed by atoms with van der Waals surface area (Å²) < 4.78 is 39.9. The number of halogens is 3. The number of rotatable bonds is 3. The summed E-state index contributed by atoms with van der Waals surface area (Å²) in [6.07, 6.45) is -2.47. The molecule has 1 unspecified atom stereocenters. The largest absolute Gasteiger partial charge is 0.478 e. The van der Waals surface area contributed by atoms with Crippen molar-refractivity contribution >= 4 is 12.0 Å². The Balaban J connectivity index is 1.58. The van der Waals surface area contributed by atoms with Gasteiger partial charge in [-0.2, -0.15) is 13.2 Å². The van der Waals surface area contributed by atoms with E-state index in [4.69, 9.17) is 5.11 Å². The molecule has 1 aliphatic heterocycles. The summed E-state index contributed by atoms with van der Waals surface area (Å²) in [5, 5.41) is 11.6. The third kappa shape index (κ3) is 3.64. The van der Waals surface area contributed by atoms with Crippen LogP contribution in [0.4, 0.5) is 18.0 Å². The van der Waals surface area contributed by atoms with E-state index in [2.05, 4.69) is 5.32 Å². The summed E-state index contributed by atoms with van der Waals surface area (Å²) in [5.74, 6) is -2.35. The van der Waals surface area contributed by atoms with Gasteiger partial charge in [-0.25, -0.2) is 9.59 Å². The molecule has 1 aromatic rings. The lowest BCUT2D eigenvalue weighted by molar-refractivity contribution is -0.235. The standard InChI is InChI=1S/C18H21F3N2O3/c19-18(20,21)14-6-9-23(11-17(14)7-1-8-17)16(26)22-10-12-2-4-13(5-3-12)15(24)25/h2-5,14H,1,6-11H2,(H,22,26)(H,24,25). The maximum Gasteiger partial charge on any atom is 0.392 e. The number of urea groups is 1. The highest BCUT2D eigenvalue weighted by Crippen LogP contribution is 2.56. The molecule has 1 saturated carbocycles. The second-order valence-corrected chi connectivity index (χ2v) is 7.18. The number of amides is 2. The van der Waals surface area contributed by atoms with E-state index in [1.807, 2.05) is 0 Å². The predicted molar refractivity (Wildman–Crippen MR) is 87.7 cm³/mol. The SMILES string of the molecule is O=C(O)c1ccc(CNC(=O)N2CCC(C(F)(F)F)C3(CCC3)C2)cc1. The van der Waals surface area contributed by atoms with Gasteiger partial charge >= 0.3 is 18.2 Å². The van der Waals surface area contributed by atoms with Crippen LogP contribution >= 0.6 is 0 Å². The molecule has 26 heavy (non-hydrogen) atoms. The molecule has 2 amide bonds. The first-order chi connectivity index (χ1) is 12.2. The highest BCUT2D eigenvalue weighted by molar-refractivity contribution is 5.87. The summed E-state index contributed by atoms with van der Waals surface area (Å²) in [4.78, 5) is 24.7. The van der Waals surface area contributed by atoms with Gasteiger partial charge in [-0.15, -0.1) is 0 Å². The summed E-state index contributed by atoms with van der Waals surface area (Å²) in [6.45, 7) is 0.432. The Labute approximate surface area is 149 Å². The molecular weight excluding hydrogens is 349 g/mol. The first kappa shape index (κ1) is 18.5. The van der Waals surface area contributed by atoms with Crippen molar-refractivity contribution in [3.63, 3.8) is 0 Å². The molecule has 2 fully saturated rings. The lowest BCUT2D eigenvalue weighted by atomic mass is 9.58. The molecule has 3 rings (SSSR count). The third-order valence-electron chi connectivity index (χ3n) is 5.61. The topological polar surface area (TPSA) is 69.6 Å². The Morgan fingerprint density at radius 1 is 1.23 bits per heavy atom. The highest BCUT2D eigenvalue weighted by Gasteiger charge is 2.58. The molecule has 142 valence electrons. The molecule has 1 spiro atoms. The van der Waals surface area contributed by atoms with Crippen LogP contribution in [0.15, 0.2) is 24.3 Å². The molecule has 0 aromatic heterocycles. The van der Waals surface area contributed by atoms with Crippen LogP contribution in [0.25, 0.3) is 0 Å². The van der Waals surface area contributed by atoms with E-state index < -0.39 is 23.5 Å². The lowest BCUT2D eigenvalue weighted by Gasteiger charge is -2.54. The second-order valence-electron chi connectivity index (χ2n) is 7.18. The minimum atomic E-state index is -4.21. The van der Waals surface area contributed by atoms with Crippen LogP contribution in [0.5, 0.6) is 0 Å². The quantitative estimate of drug-likeness (QED) is 0.853. The molecule has 1 aromatic carbocycles. The Kier molecular flexibility index (Phi) is 4.86. The van der Waals surface area contributed by atoms with Crippen molar-refractivity contribution < 1.29 is 27.9 Å². The van der Waals surface area contributed by atoms with E-state index in [0.717, 1.165) is 12.0 Å². The van der Waals surface area contributed by atoms with E-state index in [-0.39, 0.29) is 37.6 Å². The maximum atomic E-state index is 13.3. The number of nitrogens with one attached hydrogen (secondary N) is 1. The monoisotopic (exact) mass is 370 g/mol. The number of piperidine rings is 1. The van der Waals surface area contributed by atoms with Crippen LogP contribution in [0.1, 0.15) is 41.6 Å². The maximum absolute atomic E-state index is 13.3. The number of carbonyl (C=O) groups is 2. The summed E-state index contributed by atoms with van der Waals surface area (Å²) in [7, 11) is 0. The minimum absolute atomic E-state index is 0.0514. The van der Waals surface area contributed by atoms with Gasteiger partial charge < -0.3 is 15.3 Å². The molecular formula is C18H21F3N2O3. The first-order valence-electron chi connectivity index (χ1n) is 8.63. The van der Waals surface area contributed by atoms with E-state index >= 15 is 0 Å². The number of carbonyl (C=O) groups excluding carboxylic acids is 1. The van der Waals surface area contributed by atoms with Gasteiger partial charge in [-0.1, -0.05) is 18.6 Å². The zero-order valence-electron chi connectivity index (χ0n) is 14.2. The number of carboxylic acid groups (broad SMARTS) is 1. The minimum Gasteiger partial charge on any atom is -0.478 e. The van der Waals surface area contributed by atoms with Gasteiger partial charge in [0.2, 0.25) is 0 Å². The fourth-order valence-corrected chi connectivity index (χ4v) is 4.04. The molecule has 5 nitrogen and oxygen atoms in total. The van der Waals surface area contributed by atoms with Gasteiger partial charge in [0.25, 0.3) is 0 Å². The van der Waals surface area contributed by atoms with E-state index in [9.17, 15) is 22.8 Å². The van der Waals surface area contributed by atoms with Crippen LogP contribution in [0.2, 0.25) is 0 Å². The van der Waals surface area contributed by atoms with Crippen molar-refractivity contribution in [2.75, 3.05) is 13.1 Å². The Hall–Kier alpha value is -2.25. The molecule has 2 N–H and O–H groups in total. The average molecular weight is 370 g/mol. The molecule has 0 bridgehead atoms. The number of alkyl halides is 3. The molecule has 1 heterocycles.